The largest absolute Gasteiger partial charge is 0.381 e. The van der Waals surface area contributed by atoms with Gasteiger partial charge in [-0.15, -0.1) is 0 Å². The van der Waals surface area contributed by atoms with E-state index in [-0.39, 0.29) is 0 Å². The summed E-state index contributed by atoms with van der Waals surface area (Å²) in [5.74, 6) is 0. The molecule has 0 aromatic rings. The van der Waals surface area contributed by atoms with Crippen molar-refractivity contribution in [2.24, 2.45) is 0 Å². The maximum Gasteiger partial charge on any atom is 0.0586 e. The van der Waals surface area contributed by atoms with Gasteiger partial charge in [0.25, 0.3) is 0 Å². The summed E-state index contributed by atoms with van der Waals surface area (Å²) >= 11 is 0. The number of rotatable bonds is 3. The second kappa shape index (κ2) is 5.25. The number of ether oxygens (including phenoxy) is 1. The molecule has 3 fully saturated rings. The standard InChI is InChI=1S/C14H26N2O/c1-17-12-6-5-11(10-12)15-13-7-9-16-8-3-2-4-14(13)16/h11-15H,2-10H2,1H3. The molecule has 0 bridgehead atoms. The average Bonchev–Trinajstić information content (AvgIpc) is 2.97. The fourth-order valence-corrected chi connectivity index (χ4v) is 4.05. The first-order valence-corrected chi connectivity index (χ1v) is 7.39. The van der Waals surface area contributed by atoms with Gasteiger partial charge in [-0.2, -0.15) is 0 Å². The highest BCUT2D eigenvalue weighted by atomic mass is 16.5. The molecule has 0 aromatic heterocycles. The van der Waals surface area contributed by atoms with Crippen LogP contribution in [0, 0.1) is 0 Å². The fraction of sp³-hybridized carbons (Fsp3) is 1.00. The van der Waals surface area contributed by atoms with Gasteiger partial charge in [-0.1, -0.05) is 6.42 Å². The molecule has 3 rings (SSSR count). The van der Waals surface area contributed by atoms with E-state index in [4.69, 9.17) is 4.74 Å². The van der Waals surface area contributed by atoms with E-state index >= 15 is 0 Å². The van der Waals surface area contributed by atoms with Crippen molar-refractivity contribution in [1.82, 2.24) is 10.2 Å². The second-order valence-corrected chi connectivity index (χ2v) is 6.03. The second-order valence-electron chi connectivity index (χ2n) is 6.03. The van der Waals surface area contributed by atoms with Crippen LogP contribution in [0.3, 0.4) is 0 Å². The summed E-state index contributed by atoms with van der Waals surface area (Å²) < 4.78 is 5.46. The van der Waals surface area contributed by atoms with E-state index in [1.807, 2.05) is 7.11 Å². The van der Waals surface area contributed by atoms with Gasteiger partial charge in [-0.3, -0.25) is 4.90 Å². The van der Waals surface area contributed by atoms with E-state index in [1.54, 1.807) is 0 Å². The molecule has 2 heterocycles. The molecular weight excluding hydrogens is 212 g/mol. The molecule has 0 radical (unpaired) electrons. The van der Waals surface area contributed by atoms with Crippen molar-refractivity contribution in [2.75, 3.05) is 20.2 Å². The molecule has 0 amide bonds. The van der Waals surface area contributed by atoms with Gasteiger partial charge in [-0.25, -0.2) is 0 Å². The van der Waals surface area contributed by atoms with Crippen molar-refractivity contribution in [2.45, 2.75) is 69.2 Å². The summed E-state index contributed by atoms with van der Waals surface area (Å²) in [6.45, 7) is 2.66. The molecule has 3 heteroatoms. The Hall–Kier alpha value is -0.120. The molecule has 98 valence electrons. The van der Waals surface area contributed by atoms with Gasteiger partial charge in [0.15, 0.2) is 0 Å². The molecule has 1 saturated carbocycles. The number of nitrogens with one attached hydrogen (secondary N) is 1. The van der Waals surface area contributed by atoms with Gasteiger partial charge in [-0.05, 0) is 45.1 Å². The molecular formula is C14H26N2O. The normalized spacial score (nSPS) is 42.9. The summed E-state index contributed by atoms with van der Waals surface area (Å²) in [7, 11) is 1.85. The van der Waals surface area contributed by atoms with Crippen molar-refractivity contribution in [3.63, 3.8) is 0 Å². The highest BCUT2D eigenvalue weighted by Gasteiger charge is 2.37. The molecule has 3 nitrogen and oxygen atoms in total. The SMILES string of the molecule is COC1CCC(NC2CCN3CCCCC23)C1. The smallest absolute Gasteiger partial charge is 0.0586 e. The van der Waals surface area contributed by atoms with Crippen LogP contribution in [0.1, 0.15) is 44.9 Å². The quantitative estimate of drug-likeness (QED) is 0.811. The van der Waals surface area contributed by atoms with E-state index < -0.39 is 0 Å². The van der Waals surface area contributed by atoms with Crippen molar-refractivity contribution >= 4 is 0 Å². The van der Waals surface area contributed by atoms with E-state index in [1.165, 1.54) is 58.0 Å². The van der Waals surface area contributed by atoms with Crippen molar-refractivity contribution in [3.05, 3.63) is 0 Å². The Kier molecular flexibility index (Phi) is 3.69. The lowest BCUT2D eigenvalue weighted by Crippen LogP contribution is -2.47. The number of piperidine rings is 1. The van der Waals surface area contributed by atoms with Gasteiger partial charge < -0.3 is 10.1 Å². The zero-order valence-corrected chi connectivity index (χ0v) is 11.0. The van der Waals surface area contributed by atoms with Gasteiger partial charge in [0.1, 0.15) is 0 Å². The Bertz CT molecular complexity index is 259. The summed E-state index contributed by atoms with van der Waals surface area (Å²) in [5.41, 5.74) is 0. The van der Waals surface area contributed by atoms with E-state index in [9.17, 15) is 0 Å². The molecule has 0 aromatic carbocycles. The monoisotopic (exact) mass is 238 g/mol. The van der Waals surface area contributed by atoms with Crippen molar-refractivity contribution < 1.29 is 4.74 Å². The number of methoxy groups -OCH3 is 1. The number of hydrogen-bond acceptors (Lipinski definition) is 3. The third-order valence-corrected chi connectivity index (χ3v) is 5.02. The lowest BCUT2D eigenvalue weighted by Gasteiger charge is -2.33. The molecule has 4 atom stereocenters. The van der Waals surface area contributed by atoms with E-state index in [0.717, 1.165) is 12.1 Å². The summed E-state index contributed by atoms with van der Waals surface area (Å²) in [6.07, 6.45) is 9.91. The highest BCUT2D eigenvalue weighted by Crippen LogP contribution is 2.29. The fourth-order valence-electron chi connectivity index (χ4n) is 4.05. The molecule has 1 aliphatic carbocycles. The van der Waals surface area contributed by atoms with Crippen LogP contribution in [-0.2, 0) is 4.74 Å². The van der Waals surface area contributed by atoms with Crippen molar-refractivity contribution in [3.8, 4) is 0 Å². The molecule has 1 N–H and O–H groups in total. The van der Waals surface area contributed by atoms with Crippen LogP contribution in [0.25, 0.3) is 0 Å². The minimum atomic E-state index is 0.511. The third kappa shape index (κ3) is 2.51. The first-order valence-electron chi connectivity index (χ1n) is 7.39. The first kappa shape index (κ1) is 11.9. The summed E-state index contributed by atoms with van der Waals surface area (Å²) in [5, 5.41) is 3.92. The maximum atomic E-state index is 5.46. The van der Waals surface area contributed by atoms with Crippen LogP contribution < -0.4 is 5.32 Å². The van der Waals surface area contributed by atoms with E-state index in [0.29, 0.717) is 12.1 Å². The number of nitrogens with zero attached hydrogens (tertiary/aromatic N) is 1. The average molecular weight is 238 g/mol. The number of hydrogen-bond donors (Lipinski definition) is 1. The van der Waals surface area contributed by atoms with Gasteiger partial charge in [0, 0.05) is 31.8 Å². The third-order valence-electron chi connectivity index (χ3n) is 5.02. The molecule has 3 aliphatic rings. The van der Waals surface area contributed by atoms with Crippen LogP contribution in [0.2, 0.25) is 0 Å². The van der Waals surface area contributed by atoms with Crippen LogP contribution in [0.4, 0.5) is 0 Å². The van der Waals surface area contributed by atoms with Gasteiger partial charge in [0.05, 0.1) is 6.10 Å². The Morgan fingerprint density at radius 2 is 2.00 bits per heavy atom. The summed E-state index contributed by atoms with van der Waals surface area (Å²) in [6, 6.07) is 2.31. The predicted octanol–water partition coefficient (Wildman–Crippen LogP) is 1.77. The Morgan fingerprint density at radius 3 is 2.82 bits per heavy atom. The highest BCUT2D eigenvalue weighted by molar-refractivity contribution is 4.96. The lowest BCUT2D eigenvalue weighted by molar-refractivity contribution is 0.105. The maximum absolute atomic E-state index is 5.46. The predicted molar refractivity (Wildman–Crippen MR) is 69.2 cm³/mol. The van der Waals surface area contributed by atoms with Crippen LogP contribution in [0.5, 0.6) is 0 Å². The topological polar surface area (TPSA) is 24.5 Å². The van der Waals surface area contributed by atoms with Gasteiger partial charge in [0.2, 0.25) is 0 Å². The van der Waals surface area contributed by atoms with Gasteiger partial charge >= 0.3 is 0 Å². The Labute approximate surface area is 105 Å². The van der Waals surface area contributed by atoms with E-state index in [2.05, 4.69) is 10.2 Å². The Morgan fingerprint density at radius 1 is 1.06 bits per heavy atom. The molecule has 17 heavy (non-hydrogen) atoms. The van der Waals surface area contributed by atoms with Crippen LogP contribution in [-0.4, -0.2) is 49.3 Å². The lowest BCUT2D eigenvalue weighted by atomic mass is 9.98. The molecule has 2 aliphatic heterocycles. The molecule has 2 saturated heterocycles. The Balaban J connectivity index is 1.52. The van der Waals surface area contributed by atoms with Crippen molar-refractivity contribution in [1.29, 1.82) is 0 Å². The first-order chi connectivity index (χ1) is 8.36. The zero-order chi connectivity index (χ0) is 11.7. The zero-order valence-electron chi connectivity index (χ0n) is 11.0. The number of fused-ring (bicyclic) bond motifs is 1. The molecule has 0 spiro atoms. The van der Waals surface area contributed by atoms with Crippen LogP contribution in [0.15, 0.2) is 0 Å². The van der Waals surface area contributed by atoms with Crippen LogP contribution >= 0.6 is 0 Å². The minimum Gasteiger partial charge on any atom is -0.381 e. The minimum absolute atomic E-state index is 0.511. The summed E-state index contributed by atoms with van der Waals surface area (Å²) in [4.78, 5) is 2.71. The molecule has 4 unspecified atom stereocenters.